The maximum absolute atomic E-state index is 14.1. The average molecular weight is 595 g/mol. The predicted molar refractivity (Wildman–Crippen MR) is 148 cm³/mol. The van der Waals surface area contributed by atoms with Gasteiger partial charge in [-0.2, -0.15) is 18.3 Å². The van der Waals surface area contributed by atoms with Gasteiger partial charge in [-0.05, 0) is 41.1 Å². The number of rotatable bonds is 6. The molecule has 0 fully saturated rings. The van der Waals surface area contributed by atoms with Gasteiger partial charge in [0.2, 0.25) is 0 Å². The van der Waals surface area contributed by atoms with Crippen molar-refractivity contribution in [3.63, 3.8) is 0 Å². The zero-order valence-corrected chi connectivity index (χ0v) is 22.3. The number of thiazole rings is 1. The van der Waals surface area contributed by atoms with Crippen LogP contribution in [0, 0.1) is 0 Å². The number of nitrogens with zero attached hydrogens (tertiary/aromatic N) is 4. The highest BCUT2D eigenvalue weighted by atomic mass is 32.2. The number of hydrogen-bond donors (Lipinski definition) is 2. The smallest absolute Gasteiger partial charge is 0.322 e. The molecule has 3 aromatic heterocycles. The Balaban J connectivity index is 1.35. The maximum Gasteiger partial charge on any atom is 0.433 e. The van der Waals surface area contributed by atoms with Gasteiger partial charge in [0.25, 0.3) is 15.9 Å². The molecule has 0 aliphatic carbocycles. The molecule has 3 heterocycles. The molecule has 0 radical (unpaired) electrons. The number of halogens is 3. The van der Waals surface area contributed by atoms with Crippen LogP contribution in [0.2, 0.25) is 0 Å². The molecule has 6 rings (SSSR count). The van der Waals surface area contributed by atoms with Gasteiger partial charge in [-0.15, -0.1) is 11.3 Å². The van der Waals surface area contributed by atoms with Gasteiger partial charge in [0, 0.05) is 22.8 Å². The predicted octanol–water partition coefficient (Wildman–Crippen LogP) is 6.08. The number of hydrogen-bond acceptors (Lipinski definition) is 7. The fourth-order valence-corrected chi connectivity index (χ4v) is 6.06. The minimum absolute atomic E-state index is 0.0264. The lowest BCUT2D eigenvalue weighted by atomic mass is 10.0. The molecule has 0 saturated carbocycles. The van der Waals surface area contributed by atoms with Crippen molar-refractivity contribution in [2.75, 3.05) is 10.0 Å². The molecule has 3 aromatic carbocycles. The van der Waals surface area contributed by atoms with Crippen LogP contribution in [-0.4, -0.2) is 33.9 Å². The van der Waals surface area contributed by atoms with Crippen LogP contribution in [0.1, 0.15) is 16.1 Å². The van der Waals surface area contributed by atoms with Crippen molar-refractivity contribution in [2.45, 2.75) is 11.1 Å². The zero-order chi connectivity index (χ0) is 28.8. The highest BCUT2D eigenvalue weighted by Gasteiger charge is 2.36. The summed E-state index contributed by atoms with van der Waals surface area (Å²) in [4.78, 5) is 21.4. The summed E-state index contributed by atoms with van der Waals surface area (Å²) >= 11 is 1.12. The van der Waals surface area contributed by atoms with Crippen LogP contribution in [-0.2, 0) is 16.2 Å². The lowest BCUT2D eigenvalue weighted by molar-refractivity contribution is -0.142. The third-order valence-electron chi connectivity index (χ3n) is 6.15. The van der Waals surface area contributed by atoms with Crippen molar-refractivity contribution in [3.8, 4) is 11.3 Å². The number of aromatic nitrogens is 4. The van der Waals surface area contributed by atoms with Crippen LogP contribution in [0.5, 0.6) is 0 Å². The summed E-state index contributed by atoms with van der Waals surface area (Å²) < 4.78 is 70.3. The normalized spacial score (nSPS) is 12.1. The number of fused-ring (bicyclic) bond motifs is 2. The van der Waals surface area contributed by atoms with Crippen molar-refractivity contribution in [1.82, 2.24) is 19.6 Å². The SMILES string of the molecule is O=C(Nc1ccc(S(=O)(=O)Nc2nccs2)cc1)c1cnn2c(C(F)(F)F)cc(-c3cccc4ccccc34)nc12. The Morgan fingerprint density at radius 3 is 2.46 bits per heavy atom. The second kappa shape index (κ2) is 9.98. The van der Waals surface area contributed by atoms with Crippen molar-refractivity contribution in [1.29, 1.82) is 0 Å². The van der Waals surface area contributed by atoms with Crippen molar-refractivity contribution in [2.24, 2.45) is 0 Å². The number of alkyl halides is 3. The first-order valence-corrected chi connectivity index (χ1v) is 14.2. The van der Waals surface area contributed by atoms with Gasteiger partial charge >= 0.3 is 6.18 Å². The molecule has 0 atom stereocenters. The summed E-state index contributed by atoms with van der Waals surface area (Å²) in [5.74, 6) is -0.771. The van der Waals surface area contributed by atoms with E-state index in [0.717, 1.165) is 29.0 Å². The van der Waals surface area contributed by atoms with E-state index in [0.29, 0.717) is 15.5 Å². The van der Waals surface area contributed by atoms with Gasteiger partial charge in [-0.3, -0.25) is 9.52 Å². The lowest BCUT2D eigenvalue weighted by Crippen LogP contribution is -2.16. The monoisotopic (exact) mass is 594 g/mol. The summed E-state index contributed by atoms with van der Waals surface area (Å²) in [5, 5.41) is 9.71. The fourth-order valence-electron chi connectivity index (χ4n) is 4.28. The Hall–Kier alpha value is -4.82. The number of carbonyl (C=O) groups excluding carboxylic acids is 1. The van der Waals surface area contributed by atoms with Crippen LogP contribution in [0.4, 0.5) is 24.0 Å². The van der Waals surface area contributed by atoms with E-state index in [-0.39, 0.29) is 32.6 Å². The maximum atomic E-state index is 14.1. The minimum Gasteiger partial charge on any atom is -0.322 e. The van der Waals surface area contributed by atoms with Gasteiger partial charge < -0.3 is 5.32 Å². The van der Waals surface area contributed by atoms with E-state index in [1.165, 1.54) is 30.5 Å². The largest absolute Gasteiger partial charge is 0.433 e. The topological polar surface area (TPSA) is 118 Å². The fraction of sp³-hybridized carbons (Fsp3) is 0.0370. The molecule has 9 nitrogen and oxygen atoms in total. The van der Waals surface area contributed by atoms with Gasteiger partial charge in [0.15, 0.2) is 16.5 Å². The molecule has 0 spiro atoms. The molecule has 1 amide bonds. The van der Waals surface area contributed by atoms with E-state index >= 15 is 0 Å². The molecule has 14 heteroatoms. The summed E-state index contributed by atoms with van der Waals surface area (Å²) in [7, 11) is -3.91. The first-order valence-electron chi connectivity index (χ1n) is 11.9. The van der Waals surface area contributed by atoms with E-state index in [1.807, 2.05) is 18.2 Å². The quantitative estimate of drug-likeness (QED) is 0.241. The standard InChI is InChI=1S/C27H17F3N6O3S2/c28-27(29,30)23-14-22(20-7-3-5-16-4-1-2-6-19(16)20)34-24-21(15-32-36(23)24)25(37)33-17-8-10-18(11-9-17)41(38,39)35-26-31-12-13-40-26/h1-15H,(H,31,35)(H,33,37). The second-order valence-electron chi connectivity index (χ2n) is 8.77. The third-order valence-corrected chi connectivity index (χ3v) is 8.32. The van der Waals surface area contributed by atoms with Crippen LogP contribution in [0.25, 0.3) is 27.7 Å². The molecular formula is C27H17F3N6O3S2. The molecule has 41 heavy (non-hydrogen) atoms. The molecule has 0 saturated heterocycles. The van der Waals surface area contributed by atoms with Crippen molar-refractivity contribution in [3.05, 3.63) is 102 Å². The molecule has 2 N–H and O–H groups in total. The molecule has 0 aliphatic rings. The zero-order valence-electron chi connectivity index (χ0n) is 20.6. The average Bonchev–Trinajstić information content (AvgIpc) is 3.61. The van der Waals surface area contributed by atoms with Gasteiger partial charge in [0.1, 0.15) is 5.56 Å². The van der Waals surface area contributed by atoms with E-state index in [4.69, 9.17) is 0 Å². The Morgan fingerprint density at radius 1 is 0.976 bits per heavy atom. The number of anilines is 2. The van der Waals surface area contributed by atoms with Gasteiger partial charge in [-0.25, -0.2) is 22.9 Å². The number of carbonyl (C=O) groups is 1. The van der Waals surface area contributed by atoms with Crippen LogP contribution < -0.4 is 10.0 Å². The van der Waals surface area contributed by atoms with E-state index in [9.17, 15) is 26.4 Å². The molecule has 206 valence electrons. The number of benzene rings is 3. The molecule has 0 bridgehead atoms. The highest BCUT2D eigenvalue weighted by Crippen LogP contribution is 2.35. The van der Waals surface area contributed by atoms with E-state index in [2.05, 4.69) is 25.1 Å². The van der Waals surface area contributed by atoms with Crippen LogP contribution in [0.3, 0.4) is 0 Å². The van der Waals surface area contributed by atoms with Gasteiger partial charge in [0.05, 0.1) is 16.8 Å². The second-order valence-corrected chi connectivity index (χ2v) is 11.3. The summed E-state index contributed by atoms with van der Waals surface area (Å²) in [6, 6.07) is 18.6. The molecule has 0 unspecified atom stereocenters. The number of amides is 1. The Kier molecular flexibility index (Phi) is 6.43. The van der Waals surface area contributed by atoms with Gasteiger partial charge in [-0.1, -0.05) is 42.5 Å². The minimum atomic E-state index is -4.78. The van der Waals surface area contributed by atoms with E-state index < -0.39 is 27.8 Å². The Labute approximate surface area is 234 Å². The highest BCUT2D eigenvalue weighted by molar-refractivity contribution is 7.93. The van der Waals surface area contributed by atoms with Crippen molar-refractivity contribution >= 4 is 54.5 Å². The molecular weight excluding hydrogens is 577 g/mol. The Bertz CT molecular complexity index is 2020. The third kappa shape index (κ3) is 5.10. The number of nitrogens with one attached hydrogen (secondary N) is 2. The van der Waals surface area contributed by atoms with Crippen molar-refractivity contribution < 1.29 is 26.4 Å². The summed E-state index contributed by atoms with van der Waals surface area (Å²) in [6.45, 7) is 0. The first-order chi connectivity index (χ1) is 19.6. The Morgan fingerprint density at radius 2 is 1.73 bits per heavy atom. The van der Waals surface area contributed by atoms with Crippen LogP contribution in [0.15, 0.2) is 95.5 Å². The first kappa shape index (κ1) is 26.4. The lowest BCUT2D eigenvalue weighted by Gasteiger charge is -2.13. The van der Waals surface area contributed by atoms with Crippen LogP contribution >= 0.6 is 11.3 Å². The molecule has 0 aliphatic heterocycles. The summed E-state index contributed by atoms with van der Waals surface area (Å²) in [6.07, 6.45) is -2.32. The number of sulfonamides is 1. The molecule has 6 aromatic rings. The van der Waals surface area contributed by atoms with E-state index in [1.54, 1.807) is 29.6 Å². The summed E-state index contributed by atoms with van der Waals surface area (Å²) in [5.41, 5.74) is -0.868.